The van der Waals surface area contributed by atoms with Gasteiger partial charge >= 0.3 is 5.97 Å². The summed E-state index contributed by atoms with van der Waals surface area (Å²) in [5.41, 5.74) is 0. The van der Waals surface area contributed by atoms with Gasteiger partial charge in [-0.15, -0.1) is 0 Å². The van der Waals surface area contributed by atoms with Gasteiger partial charge in [0.25, 0.3) is 0 Å². The number of ether oxygens (including phenoxy) is 2. The molecule has 0 radical (unpaired) electrons. The summed E-state index contributed by atoms with van der Waals surface area (Å²) in [6.07, 6.45) is 0.548. The fraction of sp³-hybridized carbons (Fsp3) is 0.889. The topological polar surface area (TPSA) is 55.8 Å². The lowest BCUT2D eigenvalue weighted by Gasteiger charge is -2.10. The summed E-state index contributed by atoms with van der Waals surface area (Å²) in [6.45, 7) is 4.58. The molecule has 0 aliphatic rings. The van der Waals surface area contributed by atoms with Crippen LogP contribution in [0.3, 0.4) is 0 Å². The highest BCUT2D eigenvalue weighted by molar-refractivity contribution is 5.68. The molecule has 0 bridgehead atoms. The van der Waals surface area contributed by atoms with Gasteiger partial charge in [-0.05, 0) is 6.42 Å². The van der Waals surface area contributed by atoms with Gasteiger partial charge in [-0.3, -0.25) is 4.79 Å². The SMILES string of the molecule is CCCOCC(O)COC(=O)CC. The molecule has 0 fully saturated rings. The molecule has 4 heteroatoms. The molecule has 0 amide bonds. The number of hydrogen-bond donors (Lipinski definition) is 1. The average molecular weight is 190 g/mol. The predicted octanol–water partition coefficient (Wildman–Crippen LogP) is 0.727. The van der Waals surface area contributed by atoms with Crippen molar-refractivity contribution in [1.82, 2.24) is 0 Å². The largest absolute Gasteiger partial charge is 0.463 e. The van der Waals surface area contributed by atoms with Gasteiger partial charge in [0.05, 0.1) is 6.61 Å². The molecule has 0 aliphatic heterocycles. The van der Waals surface area contributed by atoms with Crippen LogP contribution in [0.15, 0.2) is 0 Å². The van der Waals surface area contributed by atoms with E-state index in [1.54, 1.807) is 6.92 Å². The smallest absolute Gasteiger partial charge is 0.305 e. The minimum atomic E-state index is -0.706. The molecule has 0 aliphatic carbocycles. The highest BCUT2D eigenvalue weighted by atomic mass is 16.5. The maximum Gasteiger partial charge on any atom is 0.305 e. The summed E-state index contributed by atoms with van der Waals surface area (Å²) < 4.78 is 9.78. The van der Waals surface area contributed by atoms with Crippen LogP contribution in [-0.4, -0.2) is 37.0 Å². The second-order valence-corrected chi connectivity index (χ2v) is 2.77. The van der Waals surface area contributed by atoms with Crippen molar-refractivity contribution >= 4 is 5.97 Å². The molecule has 0 spiro atoms. The number of aliphatic hydroxyl groups excluding tert-OH is 1. The van der Waals surface area contributed by atoms with Gasteiger partial charge in [-0.25, -0.2) is 0 Å². The van der Waals surface area contributed by atoms with Crippen LogP contribution in [0.25, 0.3) is 0 Å². The zero-order valence-electron chi connectivity index (χ0n) is 8.28. The van der Waals surface area contributed by atoms with E-state index in [9.17, 15) is 9.90 Å². The number of hydrogen-bond acceptors (Lipinski definition) is 4. The molecule has 1 unspecified atom stereocenters. The van der Waals surface area contributed by atoms with Crippen molar-refractivity contribution in [3.8, 4) is 0 Å². The molecule has 0 saturated heterocycles. The van der Waals surface area contributed by atoms with E-state index in [1.807, 2.05) is 6.92 Å². The minimum Gasteiger partial charge on any atom is -0.463 e. The molecular formula is C9H18O4. The molecule has 0 saturated carbocycles. The van der Waals surface area contributed by atoms with Crippen LogP contribution < -0.4 is 0 Å². The summed E-state index contributed by atoms with van der Waals surface area (Å²) in [5.74, 6) is -0.297. The summed E-state index contributed by atoms with van der Waals surface area (Å²) in [7, 11) is 0. The number of aliphatic hydroxyl groups is 1. The molecule has 0 heterocycles. The van der Waals surface area contributed by atoms with Crippen molar-refractivity contribution in [1.29, 1.82) is 0 Å². The first kappa shape index (κ1) is 12.4. The van der Waals surface area contributed by atoms with E-state index in [0.29, 0.717) is 13.0 Å². The Hall–Kier alpha value is -0.610. The van der Waals surface area contributed by atoms with Gasteiger partial charge in [0.1, 0.15) is 12.7 Å². The minimum absolute atomic E-state index is 0.0242. The fourth-order valence-corrected chi connectivity index (χ4v) is 0.703. The highest BCUT2D eigenvalue weighted by Crippen LogP contribution is 1.91. The standard InChI is InChI=1S/C9H18O4/c1-3-5-12-6-8(10)7-13-9(11)4-2/h8,10H,3-7H2,1-2H3. The third-order valence-corrected chi connectivity index (χ3v) is 1.38. The Morgan fingerprint density at radius 2 is 2.08 bits per heavy atom. The Morgan fingerprint density at radius 1 is 1.38 bits per heavy atom. The third-order valence-electron chi connectivity index (χ3n) is 1.38. The van der Waals surface area contributed by atoms with E-state index in [0.717, 1.165) is 6.42 Å². The first-order valence-electron chi connectivity index (χ1n) is 4.62. The summed E-state index contributed by atoms with van der Waals surface area (Å²) >= 11 is 0. The van der Waals surface area contributed by atoms with Crippen LogP contribution >= 0.6 is 0 Å². The zero-order chi connectivity index (χ0) is 10.1. The van der Waals surface area contributed by atoms with Crippen molar-refractivity contribution in [2.75, 3.05) is 19.8 Å². The number of esters is 1. The summed E-state index contributed by atoms with van der Waals surface area (Å²) in [4.78, 5) is 10.7. The molecule has 0 aromatic heterocycles. The van der Waals surface area contributed by atoms with Crippen molar-refractivity contribution in [3.63, 3.8) is 0 Å². The monoisotopic (exact) mass is 190 g/mol. The normalized spacial score (nSPS) is 12.5. The second-order valence-electron chi connectivity index (χ2n) is 2.77. The lowest BCUT2D eigenvalue weighted by Crippen LogP contribution is -2.23. The van der Waals surface area contributed by atoms with Crippen molar-refractivity contribution in [3.05, 3.63) is 0 Å². The first-order valence-corrected chi connectivity index (χ1v) is 4.62. The van der Waals surface area contributed by atoms with E-state index < -0.39 is 6.10 Å². The van der Waals surface area contributed by atoms with Crippen LogP contribution in [0.1, 0.15) is 26.7 Å². The molecule has 0 aromatic carbocycles. The quantitative estimate of drug-likeness (QED) is 0.475. The molecule has 4 nitrogen and oxygen atoms in total. The van der Waals surface area contributed by atoms with E-state index in [2.05, 4.69) is 0 Å². The lowest BCUT2D eigenvalue weighted by atomic mass is 10.4. The van der Waals surface area contributed by atoms with Crippen molar-refractivity contribution < 1.29 is 19.4 Å². The molecule has 1 atom stereocenters. The zero-order valence-corrected chi connectivity index (χ0v) is 8.28. The molecule has 13 heavy (non-hydrogen) atoms. The molecule has 1 N–H and O–H groups in total. The summed E-state index contributed by atoms with van der Waals surface area (Å²) in [6, 6.07) is 0. The van der Waals surface area contributed by atoms with Gasteiger partial charge < -0.3 is 14.6 Å². The van der Waals surface area contributed by atoms with Gasteiger partial charge in [-0.2, -0.15) is 0 Å². The van der Waals surface area contributed by atoms with E-state index >= 15 is 0 Å². The molecule has 0 aromatic rings. The maximum absolute atomic E-state index is 10.7. The number of rotatable bonds is 7. The Morgan fingerprint density at radius 3 is 2.62 bits per heavy atom. The Labute approximate surface area is 78.8 Å². The van der Waals surface area contributed by atoms with Crippen molar-refractivity contribution in [2.24, 2.45) is 0 Å². The number of carbonyl (C=O) groups excluding carboxylic acids is 1. The van der Waals surface area contributed by atoms with Crippen LogP contribution in [0, 0.1) is 0 Å². The maximum atomic E-state index is 10.7. The van der Waals surface area contributed by atoms with Gasteiger partial charge in [0.2, 0.25) is 0 Å². The summed E-state index contributed by atoms with van der Waals surface area (Å²) in [5, 5.41) is 9.22. The average Bonchev–Trinajstić information content (AvgIpc) is 2.14. The van der Waals surface area contributed by atoms with Crippen LogP contribution in [-0.2, 0) is 14.3 Å². The predicted molar refractivity (Wildman–Crippen MR) is 48.4 cm³/mol. The Kier molecular flexibility index (Phi) is 7.63. The van der Waals surface area contributed by atoms with Crippen LogP contribution in [0.5, 0.6) is 0 Å². The highest BCUT2D eigenvalue weighted by Gasteiger charge is 2.06. The van der Waals surface area contributed by atoms with Crippen LogP contribution in [0.2, 0.25) is 0 Å². The van der Waals surface area contributed by atoms with Gasteiger partial charge in [0, 0.05) is 13.0 Å². The van der Waals surface area contributed by atoms with E-state index in [1.165, 1.54) is 0 Å². The molecular weight excluding hydrogens is 172 g/mol. The third kappa shape index (κ3) is 7.74. The van der Waals surface area contributed by atoms with Gasteiger partial charge in [0.15, 0.2) is 0 Å². The Bertz CT molecular complexity index is 136. The van der Waals surface area contributed by atoms with Gasteiger partial charge in [-0.1, -0.05) is 13.8 Å². The van der Waals surface area contributed by atoms with Crippen molar-refractivity contribution in [2.45, 2.75) is 32.8 Å². The molecule has 0 rings (SSSR count). The fourth-order valence-electron chi connectivity index (χ4n) is 0.703. The Balaban J connectivity index is 3.29. The lowest BCUT2D eigenvalue weighted by molar-refractivity contribution is -0.147. The molecule has 78 valence electrons. The van der Waals surface area contributed by atoms with E-state index in [-0.39, 0.29) is 19.2 Å². The number of carbonyl (C=O) groups is 1. The second kappa shape index (κ2) is 8.01. The van der Waals surface area contributed by atoms with E-state index in [4.69, 9.17) is 9.47 Å². The first-order chi connectivity index (χ1) is 6.20. The van der Waals surface area contributed by atoms with Crippen LogP contribution in [0.4, 0.5) is 0 Å².